The van der Waals surface area contributed by atoms with Crippen LogP contribution >= 0.6 is 15.9 Å². The summed E-state index contributed by atoms with van der Waals surface area (Å²) in [7, 11) is 0. The maximum absolute atomic E-state index is 5.68. The summed E-state index contributed by atoms with van der Waals surface area (Å²) in [4.78, 5) is 8.35. The van der Waals surface area contributed by atoms with Crippen molar-refractivity contribution in [2.75, 3.05) is 11.1 Å². The molecular formula is C12H9BrN4O. The van der Waals surface area contributed by atoms with Gasteiger partial charge in [0.15, 0.2) is 5.58 Å². The zero-order chi connectivity index (χ0) is 12.5. The van der Waals surface area contributed by atoms with Gasteiger partial charge in [0.2, 0.25) is 0 Å². The van der Waals surface area contributed by atoms with Gasteiger partial charge in [-0.2, -0.15) is 4.98 Å². The highest BCUT2D eigenvalue weighted by Gasteiger charge is 2.06. The van der Waals surface area contributed by atoms with Gasteiger partial charge >= 0.3 is 0 Å². The first-order valence-corrected chi connectivity index (χ1v) is 6.04. The molecule has 5 nitrogen and oxygen atoms in total. The molecule has 0 amide bonds. The van der Waals surface area contributed by atoms with Crippen molar-refractivity contribution in [2.24, 2.45) is 0 Å². The normalized spacial score (nSPS) is 10.7. The first-order valence-electron chi connectivity index (χ1n) is 5.24. The highest BCUT2D eigenvalue weighted by Crippen LogP contribution is 2.24. The Balaban J connectivity index is 1.95. The number of oxazole rings is 1. The number of anilines is 3. The highest BCUT2D eigenvalue weighted by molar-refractivity contribution is 9.10. The molecule has 3 N–H and O–H groups in total. The number of benzene rings is 1. The van der Waals surface area contributed by atoms with E-state index in [4.69, 9.17) is 10.2 Å². The highest BCUT2D eigenvalue weighted by atomic mass is 79.9. The van der Waals surface area contributed by atoms with E-state index in [0.29, 0.717) is 17.3 Å². The first-order chi connectivity index (χ1) is 8.70. The molecule has 0 saturated heterocycles. The van der Waals surface area contributed by atoms with Crippen LogP contribution in [0.4, 0.5) is 17.4 Å². The minimum absolute atomic E-state index is 0.413. The van der Waals surface area contributed by atoms with Gasteiger partial charge in [-0.1, -0.05) is 0 Å². The maximum atomic E-state index is 5.68. The lowest BCUT2D eigenvalue weighted by atomic mass is 10.3. The quantitative estimate of drug-likeness (QED) is 0.710. The molecule has 0 saturated carbocycles. The molecule has 0 radical (unpaired) electrons. The second kappa shape index (κ2) is 4.30. The SMILES string of the molecule is Nc1ccc2nc(Nc3cncc(Br)c3)oc2c1. The van der Waals surface area contributed by atoms with Crippen molar-refractivity contribution >= 4 is 44.4 Å². The molecule has 0 aliphatic heterocycles. The number of pyridine rings is 1. The maximum Gasteiger partial charge on any atom is 0.300 e. The zero-order valence-corrected chi connectivity index (χ0v) is 10.8. The Morgan fingerprint density at radius 1 is 1.22 bits per heavy atom. The number of nitrogens with two attached hydrogens (primary N) is 1. The van der Waals surface area contributed by atoms with Crippen LogP contribution in [0.3, 0.4) is 0 Å². The Bertz CT molecular complexity index is 710. The summed E-state index contributed by atoms with van der Waals surface area (Å²) in [5.41, 5.74) is 8.54. The lowest BCUT2D eigenvalue weighted by Crippen LogP contribution is -1.90. The van der Waals surface area contributed by atoms with E-state index in [0.717, 1.165) is 15.7 Å². The minimum atomic E-state index is 0.413. The van der Waals surface area contributed by atoms with Crippen LogP contribution < -0.4 is 11.1 Å². The number of nitrogens with one attached hydrogen (secondary N) is 1. The average Bonchev–Trinajstić information content (AvgIpc) is 2.70. The summed E-state index contributed by atoms with van der Waals surface area (Å²) in [6, 6.07) is 7.65. The molecule has 1 aromatic carbocycles. The molecular weight excluding hydrogens is 296 g/mol. The molecule has 0 aliphatic rings. The molecule has 0 atom stereocenters. The molecule has 6 heteroatoms. The summed E-state index contributed by atoms with van der Waals surface area (Å²) in [5, 5.41) is 3.04. The van der Waals surface area contributed by atoms with Crippen LogP contribution in [0.2, 0.25) is 0 Å². The third-order valence-corrected chi connectivity index (χ3v) is 2.80. The number of halogens is 1. The molecule has 90 valence electrons. The number of nitrogens with zero attached hydrogens (tertiary/aromatic N) is 2. The smallest absolute Gasteiger partial charge is 0.300 e. The molecule has 0 spiro atoms. The summed E-state index contributed by atoms with van der Waals surface area (Å²) in [6.45, 7) is 0. The van der Waals surface area contributed by atoms with Gasteiger partial charge in [0, 0.05) is 22.4 Å². The Labute approximate surface area is 111 Å². The van der Waals surface area contributed by atoms with Crippen LogP contribution in [0, 0.1) is 0 Å². The molecule has 3 rings (SSSR count). The van der Waals surface area contributed by atoms with Gasteiger partial charge in [0.1, 0.15) is 5.52 Å². The summed E-state index contributed by atoms with van der Waals surface area (Å²) in [6.07, 6.45) is 3.39. The molecule has 0 aliphatic carbocycles. The van der Waals surface area contributed by atoms with Gasteiger partial charge in [-0.25, -0.2) is 0 Å². The van der Waals surface area contributed by atoms with E-state index < -0.39 is 0 Å². The number of hydrogen-bond donors (Lipinski definition) is 2. The average molecular weight is 305 g/mol. The summed E-state index contributed by atoms with van der Waals surface area (Å²) in [5.74, 6) is 0. The van der Waals surface area contributed by atoms with Gasteiger partial charge in [0.25, 0.3) is 6.01 Å². The topological polar surface area (TPSA) is 77.0 Å². The molecule has 18 heavy (non-hydrogen) atoms. The number of hydrogen-bond acceptors (Lipinski definition) is 5. The van der Waals surface area contributed by atoms with E-state index in [1.165, 1.54) is 0 Å². The van der Waals surface area contributed by atoms with Crippen molar-refractivity contribution in [1.82, 2.24) is 9.97 Å². The van der Waals surface area contributed by atoms with Crippen LogP contribution in [0.5, 0.6) is 0 Å². The van der Waals surface area contributed by atoms with Gasteiger partial charge < -0.3 is 15.5 Å². The van der Waals surface area contributed by atoms with E-state index in [1.54, 1.807) is 24.5 Å². The number of fused-ring (bicyclic) bond motifs is 1. The van der Waals surface area contributed by atoms with Gasteiger partial charge in [-0.15, -0.1) is 0 Å². The van der Waals surface area contributed by atoms with Gasteiger partial charge in [-0.05, 0) is 34.1 Å². The van der Waals surface area contributed by atoms with Crippen molar-refractivity contribution in [3.63, 3.8) is 0 Å². The van der Waals surface area contributed by atoms with Crippen LogP contribution in [-0.4, -0.2) is 9.97 Å². The van der Waals surface area contributed by atoms with E-state index in [-0.39, 0.29) is 0 Å². The standard InChI is InChI=1S/C12H9BrN4O/c13-7-3-9(6-15-5-7)16-12-17-10-2-1-8(14)4-11(10)18-12/h1-6H,14H2,(H,16,17). The molecule has 2 heterocycles. The van der Waals surface area contributed by atoms with E-state index >= 15 is 0 Å². The third-order valence-electron chi connectivity index (χ3n) is 2.37. The minimum Gasteiger partial charge on any atom is -0.423 e. The second-order valence-corrected chi connectivity index (χ2v) is 4.68. The molecule has 3 aromatic rings. The Morgan fingerprint density at radius 3 is 2.94 bits per heavy atom. The van der Waals surface area contributed by atoms with Crippen LogP contribution in [0.25, 0.3) is 11.1 Å². The molecule has 0 unspecified atom stereocenters. The first kappa shape index (κ1) is 11.0. The van der Waals surface area contributed by atoms with Crippen LogP contribution in [-0.2, 0) is 0 Å². The number of nitrogen functional groups attached to an aromatic ring is 1. The summed E-state index contributed by atoms with van der Waals surface area (Å²) < 4.78 is 6.43. The predicted molar refractivity (Wildman–Crippen MR) is 73.6 cm³/mol. The fourth-order valence-electron chi connectivity index (χ4n) is 1.60. The fraction of sp³-hybridized carbons (Fsp3) is 0. The van der Waals surface area contributed by atoms with E-state index in [2.05, 4.69) is 31.2 Å². The predicted octanol–water partition coefficient (Wildman–Crippen LogP) is 3.31. The monoisotopic (exact) mass is 304 g/mol. The molecule has 2 aromatic heterocycles. The third kappa shape index (κ3) is 2.14. The Morgan fingerprint density at radius 2 is 2.11 bits per heavy atom. The Hall–Kier alpha value is -2.08. The number of rotatable bonds is 2. The molecule has 0 fully saturated rings. The zero-order valence-electron chi connectivity index (χ0n) is 9.22. The summed E-state index contributed by atoms with van der Waals surface area (Å²) >= 11 is 3.35. The lowest BCUT2D eigenvalue weighted by molar-refractivity contribution is 0.623. The largest absolute Gasteiger partial charge is 0.423 e. The van der Waals surface area contributed by atoms with Crippen molar-refractivity contribution in [1.29, 1.82) is 0 Å². The van der Waals surface area contributed by atoms with Gasteiger partial charge in [-0.3, -0.25) is 4.98 Å². The number of aromatic nitrogens is 2. The molecule has 0 bridgehead atoms. The van der Waals surface area contributed by atoms with Gasteiger partial charge in [0.05, 0.1) is 11.9 Å². The van der Waals surface area contributed by atoms with Crippen molar-refractivity contribution < 1.29 is 4.42 Å². The van der Waals surface area contributed by atoms with Crippen molar-refractivity contribution in [2.45, 2.75) is 0 Å². The fourth-order valence-corrected chi connectivity index (χ4v) is 1.96. The second-order valence-electron chi connectivity index (χ2n) is 3.76. The van der Waals surface area contributed by atoms with Crippen LogP contribution in [0.1, 0.15) is 0 Å². The lowest BCUT2D eigenvalue weighted by Gasteiger charge is -2.00. The van der Waals surface area contributed by atoms with Crippen molar-refractivity contribution in [3.8, 4) is 0 Å². The van der Waals surface area contributed by atoms with E-state index in [1.807, 2.05) is 12.1 Å². The van der Waals surface area contributed by atoms with Crippen molar-refractivity contribution in [3.05, 3.63) is 41.1 Å². The van der Waals surface area contributed by atoms with E-state index in [9.17, 15) is 0 Å². The Kier molecular flexibility index (Phi) is 2.64. The van der Waals surface area contributed by atoms with Crippen LogP contribution in [0.15, 0.2) is 45.5 Å².